The molecule has 2 aromatic rings. The fraction of sp³-hybridized carbons (Fsp3) is 0.440. The summed E-state index contributed by atoms with van der Waals surface area (Å²) in [6, 6.07) is 16.8. The molecule has 2 aromatic carbocycles. The normalized spacial score (nSPS) is 19.6. The zero-order valence-corrected chi connectivity index (χ0v) is 18.6. The molecule has 0 radical (unpaired) electrons. The van der Waals surface area contributed by atoms with Gasteiger partial charge in [0.2, 0.25) is 0 Å². The topological polar surface area (TPSA) is 91.4 Å². The van der Waals surface area contributed by atoms with Crippen molar-refractivity contribution >= 4 is 17.6 Å². The van der Waals surface area contributed by atoms with Gasteiger partial charge in [-0.1, -0.05) is 43.2 Å². The molecular weight excluding hydrogens is 404 g/mol. The molecule has 1 amide bonds. The lowest BCUT2D eigenvalue weighted by atomic mass is 9.79. The Balaban J connectivity index is 1.45. The third-order valence-corrected chi connectivity index (χ3v) is 6.69. The third-order valence-electron chi connectivity index (χ3n) is 6.69. The fourth-order valence-electron chi connectivity index (χ4n) is 4.81. The Morgan fingerprint density at radius 1 is 1.00 bits per heavy atom. The van der Waals surface area contributed by atoms with E-state index in [0.29, 0.717) is 37.7 Å². The Morgan fingerprint density at radius 3 is 2.19 bits per heavy atom. The number of nitrogens with two attached hydrogens (primary N) is 1. The Labute approximate surface area is 189 Å². The van der Waals surface area contributed by atoms with Gasteiger partial charge in [0, 0.05) is 32.1 Å². The van der Waals surface area contributed by atoms with E-state index in [0.717, 1.165) is 37.1 Å². The van der Waals surface area contributed by atoms with Crippen LogP contribution in [0.25, 0.3) is 0 Å². The number of guanidine groups is 1. The van der Waals surface area contributed by atoms with Crippen LogP contribution < -0.4 is 10.5 Å². The van der Waals surface area contributed by atoms with Crippen LogP contribution in [0.3, 0.4) is 0 Å². The first kappa shape index (κ1) is 22.1. The lowest BCUT2D eigenvalue weighted by molar-refractivity contribution is -0.160. The van der Waals surface area contributed by atoms with Crippen molar-refractivity contribution in [1.29, 1.82) is 0 Å². The van der Waals surface area contributed by atoms with E-state index in [9.17, 15) is 9.90 Å². The molecule has 1 aliphatic carbocycles. The SMILES string of the molecule is COc1ccc(N=C(N)N2CCN(C(=O)[C@](O)(c3ccccc3)C3CCCC3)CC2)cc1. The standard InChI is InChI=1S/C25H32N4O3/c1-32-22-13-11-21(12-14-22)27-24(26)29-17-15-28(16-18-29)23(30)25(31,20-9-5-6-10-20)19-7-3-2-4-8-19/h2-4,7-8,11-14,20,31H,5-6,9-10,15-18H2,1H3,(H2,26,27)/t25-/m0/s1. The largest absolute Gasteiger partial charge is 0.497 e. The van der Waals surface area contributed by atoms with Gasteiger partial charge in [-0.15, -0.1) is 0 Å². The maximum atomic E-state index is 13.6. The van der Waals surface area contributed by atoms with E-state index >= 15 is 0 Å². The summed E-state index contributed by atoms with van der Waals surface area (Å²) in [6.45, 7) is 2.15. The number of hydrogen-bond donors (Lipinski definition) is 2. The highest BCUT2D eigenvalue weighted by molar-refractivity contribution is 5.87. The summed E-state index contributed by atoms with van der Waals surface area (Å²) in [5.41, 5.74) is 6.22. The van der Waals surface area contributed by atoms with Crippen molar-refractivity contribution in [2.24, 2.45) is 16.6 Å². The minimum absolute atomic E-state index is 0.0443. The van der Waals surface area contributed by atoms with Crippen molar-refractivity contribution in [2.45, 2.75) is 31.3 Å². The molecule has 0 bridgehead atoms. The number of aliphatic imine (C=N–C) groups is 1. The van der Waals surface area contributed by atoms with Crippen LogP contribution in [0.2, 0.25) is 0 Å². The van der Waals surface area contributed by atoms with Crippen LogP contribution in [0.4, 0.5) is 5.69 Å². The van der Waals surface area contributed by atoms with Crippen LogP contribution in [-0.4, -0.2) is 60.1 Å². The average molecular weight is 437 g/mol. The molecule has 32 heavy (non-hydrogen) atoms. The van der Waals surface area contributed by atoms with Crippen molar-refractivity contribution in [2.75, 3.05) is 33.3 Å². The third kappa shape index (κ3) is 4.43. The molecule has 1 heterocycles. The van der Waals surface area contributed by atoms with Gasteiger partial charge >= 0.3 is 0 Å². The highest BCUT2D eigenvalue weighted by Crippen LogP contribution is 2.42. The molecule has 7 nitrogen and oxygen atoms in total. The Kier molecular flexibility index (Phi) is 6.65. The molecule has 1 atom stereocenters. The minimum Gasteiger partial charge on any atom is -0.497 e. The Hall–Kier alpha value is -3.06. The Morgan fingerprint density at radius 2 is 1.59 bits per heavy atom. The van der Waals surface area contributed by atoms with Crippen LogP contribution in [-0.2, 0) is 10.4 Å². The number of amides is 1. The van der Waals surface area contributed by atoms with Crippen LogP contribution >= 0.6 is 0 Å². The summed E-state index contributed by atoms with van der Waals surface area (Å²) < 4.78 is 5.17. The quantitative estimate of drug-likeness (QED) is 0.556. The molecule has 7 heteroatoms. The Bertz CT molecular complexity index is 933. The second-order valence-electron chi connectivity index (χ2n) is 8.56. The smallest absolute Gasteiger partial charge is 0.259 e. The average Bonchev–Trinajstić information content (AvgIpc) is 3.40. The summed E-state index contributed by atoms with van der Waals surface area (Å²) >= 11 is 0. The van der Waals surface area contributed by atoms with Crippen LogP contribution in [0.15, 0.2) is 59.6 Å². The minimum atomic E-state index is -1.47. The van der Waals surface area contributed by atoms with Gasteiger partial charge in [0.25, 0.3) is 5.91 Å². The number of nitrogens with zero attached hydrogens (tertiary/aromatic N) is 3. The predicted molar refractivity (Wildman–Crippen MR) is 125 cm³/mol. The van der Waals surface area contributed by atoms with Gasteiger partial charge in [0.1, 0.15) is 5.75 Å². The number of ether oxygens (including phenoxy) is 1. The number of benzene rings is 2. The lowest BCUT2D eigenvalue weighted by Gasteiger charge is -2.41. The van der Waals surface area contributed by atoms with Gasteiger partial charge in [0.15, 0.2) is 11.6 Å². The fourth-order valence-corrected chi connectivity index (χ4v) is 4.81. The van der Waals surface area contributed by atoms with E-state index in [4.69, 9.17) is 10.5 Å². The molecule has 1 aliphatic heterocycles. The molecule has 4 rings (SSSR count). The van der Waals surface area contributed by atoms with Crippen molar-refractivity contribution in [3.05, 3.63) is 60.2 Å². The molecule has 0 spiro atoms. The van der Waals surface area contributed by atoms with E-state index < -0.39 is 5.60 Å². The van der Waals surface area contributed by atoms with Crippen molar-refractivity contribution in [3.8, 4) is 5.75 Å². The van der Waals surface area contributed by atoms with Gasteiger partial charge in [-0.3, -0.25) is 4.79 Å². The summed E-state index contributed by atoms with van der Waals surface area (Å²) in [5, 5.41) is 11.8. The maximum absolute atomic E-state index is 13.6. The van der Waals surface area contributed by atoms with E-state index in [1.54, 1.807) is 12.0 Å². The predicted octanol–water partition coefficient (Wildman–Crippen LogP) is 2.86. The van der Waals surface area contributed by atoms with Crippen molar-refractivity contribution < 1.29 is 14.6 Å². The van der Waals surface area contributed by atoms with E-state index in [2.05, 4.69) is 4.99 Å². The monoisotopic (exact) mass is 436 g/mol. The number of rotatable bonds is 5. The molecule has 0 unspecified atom stereocenters. The number of carbonyl (C=O) groups excluding carboxylic acids is 1. The van der Waals surface area contributed by atoms with E-state index in [-0.39, 0.29) is 11.8 Å². The van der Waals surface area contributed by atoms with E-state index in [1.165, 1.54) is 0 Å². The molecule has 2 fully saturated rings. The molecular formula is C25H32N4O3. The molecule has 3 N–H and O–H groups in total. The highest BCUT2D eigenvalue weighted by Gasteiger charge is 2.48. The number of hydrogen-bond acceptors (Lipinski definition) is 4. The first-order valence-corrected chi connectivity index (χ1v) is 11.3. The summed E-state index contributed by atoms with van der Waals surface area (Å²) in [5.74, 6) is 0.956. The second kappa shape index (κ2) is 9.61. The van der Waals surface area contributed by atoms with Crippen LogP contribution in [0.1, 0.15) is 31.2 Å². The molecule has 1 saturated heterocycles. The molecule has 2 aliphatic rings. The first-order valence-electron chi connectivity index (χ1n) is 11.3. The van der Waals surface area contributed by atoms with Gasteiger partial charge in [0.05, 0.1) is 12.8 Å². The lowest BCUT2D eigenvalue weighted by Crippen LogP contribution is -2.58. The van der Waals surface area contributed by atoms with Crippen LogP contribution in [0.5, 0.6) is 5.75 Å². The zero-order chi connectivity index (χ0) is 22.6. The number of methoxy groups -OCH3 is 1. The second-order valence-corrected chi connectivity index (χ2v) is 8.56. The van der Waals surface area contributed by atoms with E-state index in [1.807, 2.05) is 59.5 Å². The van der Waals surface area contributed by atoms with Crippen LogP contribution in [0, 0.1) is 5.92 Å². The van der Waals surface area contributed by atoms with Crippen molar-refractivity contribution in [3.63, 3.8) is 0 Å². The van der Waals surface area contributed by atoms with Gasteiger partial charge in [-0.2, -0.15) is 0 Å². The molecule has 170 valence electrons. The molecule has 0 aromatic heterocycles. The number of aliphatic hydroxyl groups is 1. The highest BCUT2D eigenvalue weighted by atomic mass is 16.5. The van der Waals surface area contributed by atoms with Gasteiger partial charge in [-0.05, 0) is 42.7 Å². The summed E-state index contributed by atoms with van der Waals surface area (Å²) in [6.07, 6.45) is 3.86. The first-order chi connectivity index (χ1) is 15.5. The summed E-state index contributed by atoms with van der Waals surface area (Å²) in [4.78, 5) is 21.9. The maximum Gasteiger partial charge on any atom is 0.259 e. The van der Waals surface area contributed by atoms with Gasteiger partial charge in [-0.25, -0.2) is 4.99 Å². The molecule has 1 saturated carbocycles. The van der Waals surface area contributed by atoms with Crippen molar-refractivity contribution in [1.82, 2.24) is 9.80 Å². The number of piperazine rings is 1. The zero-order valence-electron chi connectivity index (χ0n) is 18.6. The van der Waals surface area contributed by atoms with Gasteiger partial charge < -0.3 is 25.4 Å². The number of carbonyl (C=O) groups is 1. The summed E-state index contributed by atoms with van der Waals surface area (Å²) in [7, 11) is 1.62.